The third-order valence-electron chi connectivity index (χ3n) is 4.19. The largest absolute Gasteiger partial charge is 0.489 e. The second-order valence-corrected chi connectivity index (χ2v) is 6.57. The van der Waals surface area contributed by atoms with Gasteiger partial charge in [-0.15, -0.1) is 0 Å². The van der Waals surface area contributed by atoms with E-state index in [1.807, 2.05) is 44.2 Å². The van der Waals surface area contributed by atoms with Crippen molar-refractivity contribution < 1.29 is 9.26 Å². The fraction of sp³-hybridized carbons (Fsp3) is 0.300. The molecule has 0 saturated carbocycles. The van der Waals surface area contributed by atoms with Crippen molar-refractivity contribution in [3.63, 3.8) is 0 Å². The molecule has 0 bridgehead atoms. The second-order valence-electron chi connectivity index (χ2n) is 6.13. The van der Waals surface area contributed by atoms with Crippen molar-refractivity contribution in [2.45, 2.75) is 33.4 Å². The van der Waals surface area contributed by atoms with Crippen molar-refractivity contribution in [3.05, 3.63) is 75.9 Å². The minimum Gasteiger partial charge on any atom is -0.489 e. The Labute approximate surface area is 158 Å². The number of ether oxygens (including phenoxy) is 1. The van der Waals surface area contributed by atoms with Gasteiger partial charge in [-0.1, -0.05) is 22.8 Å². The Bertz CT molecular complexity index is 830. The smallest absolute Gasteiger partial charge is 0.137 e. The quantitative estimate of drug-likeness (QED) is 0.600. The van der Waals surface area contributed by atoms with Crippen LogP contribution in [0.3, 0.4) is 0 Å². The second kappa shape index (κ2) is 8.83. The molecule has 0 aliphatic carbocycles. The molecule has 0 aliphatic rings. The minimum absolute atomic E-state index is 0.474. The monoisotopic (exact) mass is 371 g/mol. The predicted octanol–water partition coefficient (Wildman–Crippen LogP) is 4.25. The van der Waals surface area contributed by atoms with Crippen molar-refractivity contribution in [1.82, 2.24) is 15.5 Å². The molecule has 3 rings (SSSR count). The van der Waals surface area contributed by atoms with Crippen LogP contribution >= 0.6 is 11.6 Å². The van der Waals surface area contributed by atoms with Crippen molar-refractivity contribution in [2.24, 2.45) is 0 Å². The standard InChI is InChI=1S/C20H22ClN3O2/c1-14-19(15(2)26-24-14)7-9-23-12-17-10-18(21)5-6-20(17)25-13-16-4-3-8-22-11-16/h3-6,8,10-11,23H,7,9,12-13H2,1-2H3. The van der Waals surface area contributed by atoms with Crippen LogP contribution in [0.25, 0.3) is 0 Å². The zero-order valence-electron chi connectivity index (χ0n) is 15.0. The Hall–Kier alpha value is -2.37. The molecule has 2 heterocycles. The predicted molar refractivity (Wildman–Crippen MR) is 101 cm³/mol. The average Bonchev–Trinajstić information content (AvgIpc) is 2.97. The first-order valence-electron chi connectivity index (χ1n) is 8.56. The van der Waals surface area contributed by atoms with Crippen LogP contribution in [0.15, 0.2) is 47.2 Å². The third-order valence-corrected chi connectivity index (χ3v) is 4.42. The van der Waals surface area contributed by atoms with Gasteiger partial charge in [0, 0.05) is 40.7 Å². The van der Waals surface area contributed by atoms with E-state index in [1.54, 1.807) is 12.4 Å². The fourth-order valence-electron chi connectivity index (χ4n) is 2.77. The van der Waals surface area contributed by atoms with Gasteiger partial charge in [-0.3, -0.25) is 4.98 Å². The van der Waals surface area contributed by atoms with E-state index in [1.165, 1.54) is 0 Å². The number of hydrogen-bond acceptors (Lipinski definition) is 5. The maximum Gasteiger partial charge on any atom is 0.137 e. The molecule has 0 fully saturated rings. The maximum absolute atomic E-state index is 6.16. The van der Waals surface area contributed by atoms with Crippen LogP contribution in [-0.2, 0) is 19.6 Å². The molecule has 136 valence electrons. The van der Waals surface area contributed by atoms with E-state index >= 15 is 0 Å². The van der Waals surface area contributed by atoms with Crippen LogP contribution < -0.4 is 10.1 Å². The Balaban J connectivity index is 1.57. The summed E-state index contributed by atoms with van der Waals surface area (Å²) in [6.45, 7) is 5.87. The number of nitrogens with zero attached hydrogens (tertiary/aromatic N) is 2. The summed E-state index contributed by atoms with van der Waals surface area (Å²) in [5.74, 6) is 1.70. The molecule has 0 aliphatic heterocycles. The van der Waals surface area contributed by atoms with Gasteiger partial charge in [0.15, 0.2) is 0 Å². The van der Waals surface area contributed by atoms with E-state index in [0.29, 0.717) is 18.2 Å². The minimum atomic E-state index is 0.474. The lowest BCUT2D eigenvalue weighted by Crippen LogP contribution is -2.17. The van der Waals surface area contributed by atoms with Gasteiger partial charge in [0.2, 0.25) is 0 Å². The summed E-state index contributed by atoms with van der Waals surface area (Å²) in [6.07, 6.45) is 4.42. The summed E-state index contributed by atoms with van der Waals surface area (Å²) in [6, 6.07) is 9.57. The molecule has 0 radical (unpaired) electrons. The number of pyridine rings is 1. The van der Waals surface area contributed by atoms with Crippen molar-refractivity contribution in [2.75, 3.05) is 6.54 Å². The number of nitrogens with one attached hydrogen (secondary N) is 1. The molecule has 5 nitrogen and oxygen atoms in total. The third kappa shape index (κ3) is 4.84. The van der Waals surface area contributed by atoms with E-state index in [4.69, 9.17) is 20.9 Å². The molecule has 1 N–H and O–H groups in total. The fourth-order valence-corrected chi connectivity index (χ4v) is 2.96. The first-order valence-corrected chi connectivity index (χ1v) is 8.94. The summed E-state index contributed by atoms with van der Waals surface area (Å²) in [5, 5.41) is 8.12. The molecule has 0 unspecified atom stereocenters. The molecule has 2 aromatic heterocycles. The number of halogens is 1. The zero-order chi connectivity index (χ0) is 18.4. The van der Waals surface area contributed by atoms with E-state index in [-0.39, 0.29) is 0 Å². The molecular weight excluding hydrogens is 350 g/mol. The zero-order valence-corrected chi connectivity index (χ0v) is 15.7. The van der Waals surface area contributed by atoms with E-state index < -0.39 is 0 Å². The molecule has 3 aromatic rings. The Morgan fingerprint density at radius 2 is 2.12 bits per heavy atom. The lowest BCUT2D eigenvalue weighted by molar-refractivity contribution is 0.301. The molecule has 1 aromatic carbocycles. The summed E-state index contributed by atoms with van der Waals surface area (Å²) in [7, 11) is 0. The topological polar surface area (TPSA) is 60.2 Å². The highest BCUT2D eigenvalue weighted by atomic mass is 35.5. The SMILES string of the molecule is Cc1noc(C)c1CCNCc1cc(Cl)ccc1OCc1cccnc1. The Morgan fingerprint density at radius 1 is 1.23 bits per heavy atom. The summed E-state index contributed by atoms with van der Waals surface area (Å²) in [5.41, 5.74) is 4.17. The highest BCUT2D eigenvalue weighted by molar-refractivity contribution is 6.30. The molecule has 26 heavy (non-hydrogen) atoms. The number of rotatable bonds is 8. The molecule has 0 atom stereocenters. The highest BCUT2D eigenvalue weighted by Gasteiger charge is 2.09. The molecule has 6 heteroatoms. The summed E-state index contributed by atoms with van der Waals surface area (Å²) < 4.78 is 11.2. The van der Waals surface area contributed by atoms with Crippen LogP contribution in [0.2, 0.25) is 5.02 Å². The lowest BCUT2D eigenvalue weighted by Gasteiger charge is -2.13. The normalized spacial score (nSPS) is 10.9. The van der Waals surface area contributed by atoms with E-state index in [9.17, 15) is 0 Å². The van der Waals surface area contributed by atoms with Crippen molar-refractivity contribution in [1.29, 1.82) is 0 Å². The molecule has 0 amide bonds. The van der Waals surface area contributed by atoms with Gasteiger partial charge in [-0.2, -0.15) is 0 Å². The number of aromatic nitrogens is 2. The average molecular weight is 372 g/mol. The first kappa shape index (κ1) is 18.4. The van der Waals surface area contributed by atoms with Gasteiger partial charge in [-0.25, -0.2) is 0 Å². The van der Waals surface area contributed by atoms with E-state index in [2.05, 4.69) is 15.5 Å². The first-order chi connectivity index (χ1) is 12.6. The Morgan fingerprint density at radius 3 is 2.85 bits per heavy atom. The maximum atomic E-state index is 6.16. The van der Waals surface area contributed by atoms with Crippen LogP contribution in [0.5, 0.6) is 5.75 Å². The summed E-state index contributed by atoms with van der Waals surface area (Å²) >= 11 is 6.16. The Kier molecular flexibility index (Phi) is 6.26. The van der Waals surface area contributed by atoms with Gasteiger partial charge in [-0.05, 0) is 51.1 Å². The summed E-state index contributed by atoms with van der Waals surface area (Å²) in [4.78, 5) is 4.11. The molecule has 0 spiro atoms. The molecule has 0 saturated heterocycles. The van der Waals surface area contributed by atoms with E-state index in [0.717, 1.165) is 46.9 Å². The van der Waals surface area contributed by atoms with Gasteiger partial charge >= 0.3 is 0 Å². The number of hydrogen-bond donors (Lipinski definition) is 1. The van der Waals surface area contributed by atoms with Gasteiger partial charge < -0.3 is 14.6 Å². The van der Waals surface area contributed by atoms with Crippen molar-refractivity contribution >= 4 is 11.6 Å². The van der Waals surface area contributed by atoms with Crippen LogP contribution in [0, 0.1) is 13.8 Å². The van der Waals surface area contributed by atoms with Gasteiger partial charge in [0.05, 0.1) is 5.69 Å². The highest BCUT2D eigenvalue weighted by Crippen LogP contribution is 2.24. The number of benzene rings is 1. The number of aryl methyl sites for hydroxylation is 2. The van der Waals surface area contributed by atoms with Gasteiger partial charge in [0.25, 0.3) is 0 Å². The van der Waals surface area contributed by atoms with Crippen LogP contribution in [0.4, 0.5) is 0 Å². The van der Waals surface area contributed by atoms with Crippen LogP contribution in [0.1, 0.15) is 28.1 Å². The molecular formula is C20H22ClN3O2. The van der Waals surface area contributed by atoms with Crippen molar-refractivity contribution in [3.8, 4) is 5.75 Å². The lowest BCUT2D eigenvalue weighted by atomic mass is 10.1. The van der Waals surface area contributed by atoms with Crippen LogP contribution in [-0.4, -0.2) is 16.7 Å². The van der Waals surface area contributed by atoms with Gasteiger partial charge in [0.1, 0.15) is 18.1 Å².